The Morgan fingerprint density at radius 2 is 1.93 bits per heavy atom. The summed E-state index contributed by atoms with van der Waals surface area (Å²) < 4.78 is 2.97. The van der Waals surface area contributed by atoms with E-state index in [0.29, 0.717) is 23.9 Å². The summed E-state index contributed by atoms with van der Waals surface area (Å²) in [5, 5.41) is 19.4. The molecule has 4 rings (SSSR count). The fourth-order valence-electron chi connectivity index (χ4n) is 2.87. The van der Waals surface area contributed by atoms with Gasteiger partial charge in [-0.1, -0.05) is 23.4 Å². The van der Waals surface area contributed by atoms with Gasteiger partial charge >= 0.3 is 0 Å². The molecule has 9 heteroatoms. The molecule has 1 N–H and O–H groups in total. The number of hydrogen-bond acceptors (Lipinski definition) is 6. The standard InChI is InChI=1S/C18H17N7O2/c1-12(25-18(27)13-6-2-3-7-14(13)20-23-25)17(26)19-10-9-16-22-21-15-8-4-5-11-24(15)16/h2-8,11-12H,9-10H2,1H3,(H,19,26)/t12-/m1/s1. The number of nitrogens with zero attached hydrogens (tertiary/aromatic N) is 6. The zero-order chi connectivity index (χ0) is 18.8. The monoisotopic (exact) mass is 363 g/mol. The second kappa shape index (κ2) is 6.94. The maximum atomic E-state index is 12.5. The van der Waals surface area contributed by atoms with Crippen LogP contribution in [-0.2, 0) is 11.2 Å². The molecule has 1 atom stereocenters. The first-order chi connectivity index (χ1) is 13.1. The molecule has 1 aromatic carbocycles. The number of carbonyl (C=O) groups excluding carboxylic acids is 1. The number of hydrogen-bond donors (Lipinski definition) is 1. The van der Waals surface area contributed by atoms with Crippen LogP contribution in [0.1, 0.15) is 18.8 Å². The summed E-state index contributed by atoms with van der Waals surface area (Å²) in [5.41, 5.74) is 0.918. The molecule has 4 aromatic rings. The van der Waals surface area contributed by atoms with Crippen molar-refractivity contribution in [3.63, 3.8) is 0 Å². The predicted molar refractivity (Wildman–Crippen MR) is 98.2 cm³/mol. The summed E-state index contributed by atoms with van der Waals surface area (Å²) in [7, 11) is 0. The van der Waals surface area contributed by atoms with Crippen LogP contribution in [0.3, 0.4) is 0 Å². The molecule has 0 fully saturated rings. The van der Waals surface area contributed by atoms with Crippen molar-refractivity contribution in [3.05, 3.63) is 64.8 Å². The Labute approximate surface area is 153 Å². The van der Waals surface area contributed by atoms with Crippen molar-refractivity contribution in [2.45, 2.75) is 19.4 Å². The Balaban J connectivity index is 1.45. The van der Waals surface area contributed by atoms with E-state index in [4.69, 9.17) is 0 Å². The lowest BCUT2D eigenvalue weighted by atomic mass is 10.2. The molecular formula is C18H17N7O2. The van der Waals surface area contributed by atoms with Crippen LogP contribution in [0.2, 0.25) is 0 Å². The zero-order valence-corrected chi connectivity index (χ0v) is 14.6. The summed E-state index contributed by atoms with van der Waals surface area (Å²) >= 11 is 0. The zero-order valence-electron chi connectivity index (χ0n) is 14.6. The van der Waals surface area contributed by atoms with Gasteiger partial charge in [0, 0.05) is 19.2 Å². The number of nitrogens with one attached hydrogen (secondary N) is 1. The molecule has 0 radical (unpaired) electrons. The maximum absolute atomic E-state index is 12.5. The Bertz CT molecular complexity index is 1180. The highest BCUT2D eigenvalue weighted by Gasteiger charge is 2.19. The van der Waals surface area contributed by atoms with Crippen LogP contribution in [-0.4, -0.2) is 42.0 Å². The van der Waals surface area contributed by atoms with Crippen molar-refractivity contribution < 1.29 is 4.79 Å². The summed E-state index contributed by atoms with van der Waals surface area (Å²) in [6.07, 6.45) is 2.39. The molecule has 3 aromatic heterocycles. The first-order valence-electron chi connectivity index (χ1n) is 8.56. The average molecular weight is 363 g/mol. The smallest absolute Gasteiger partial charge is 0.278 e. The summed E-state index contributed by atoms with van der Waals surface area (Å²) in [5.74, 6) is 0.441. The third-order valence-electron chi connectivity index (χ3n) is 4.37. The lowest BCUT2D eigenvalue weighted by molar-refractivity contribution is -0.124. The van der Waals surface area contributed by atoms with Crippen molar-refractivity contribution in [3.8, 4) is 0 Å². The SMILES string of the molecule is C[C@H](C(=O)NCCc1nnc2ccccn12)n1nnc2ccccc2c1=O. The lowest BCUT2D eigenvalue weighted by Gasteiger charge is -2.13. The van der Waals surface area contributed by atoms with Gasteiger partial charge in [-0.05, 0) is 31.2 Å². The van der Waals surface area contributed by atoms with Crippen molar-refractivity contribution in [1.29, 1.82) is 0 Å². The third kappa shape index (κ3) is 3.14. The van der Waals surface area contributed by atoms with Crippen LogP contribution in [0.4, 0.5) is 0 Å². The summed E-state index contributed by atoms with van der Waals surface area (Å²) in [6, 6.07) is 11.8. The molecular weight excluding hydrogens is 346 g/mol. The van der Waals surface area contributed by atoms with Crippen molar-refractivity contribution in [2.24, 2.45) is 0 Å². The van der Waals surface area contributed by atoms with Crippen LogP contribution in [0.25, 0.3) is 16.6 Å². The second-order valence-corrected chi connectivity index (χ2v) is 6.12. The van der Waals surface area contributed by atoms with E-state index in [1.807, 2.05) is 28.8 Å². The van der Waals surface area contributed by atoms with E-state index in [9.17, 15) is 9.59 Å². The van der Waals surface area contributed by atoms with Gasteiger partial charge in [-0.25, -0.2) is 0 Å². The van der Waals surface area contributed by atoms with Crippen LogP contribution in [0.5, 0.6) is 0 Å². The van der Waals surface area contributed by atoms with Crippen LogP contribution < -0.4 is 10.9 Å². The van der Waals surface area contributed by atoms with E-state index in [1.54, 1.807) is 31.2 Å². The Morgan fingerprint density at radius 3 is 2.81 bits per heavy atom. The normalized spacial score (nSPS) is 12.3. The van der Waals surface area contributed by atoms with E-state index in [-0.39, 0.29) is 11.5 Å². The molecule has 0 aliphatic carbocycles. The first kappa shape index (κ1) is 16.8. The molecule has 0 unspecified atom stereocenters. The highest BCUT2D eigenvalue weighted by Crippen LogP contribution is 2.07. The van der Waals surface area contributed by atoms with E-state index in [1.165, 1.54) is 0 Å². The number of pyridine rings is 1. The molecule has 0 saturated carbocycles. The van der Waals surface area contributed by atoms with Gasteiger partial charge in [-0.15, -0.1) is 15.3 Å². The van der Waals surface area contributed by atoms with Crippen molar-refractivity contribution in [2.75, 3.05) is 6.54 Å². The molecule has 0 aliphatic rings. The minimum atomic E-state index is -0.773. The van der Waals surface area contributed by atoms with E-state index >= 15 is 0 Å². The Morgan fingerprint density at radius 1 is 1.11 bits per heavy atom. The van der Waals surface area contributed by atoms with E-state index < -0.39 is 6.04 Å². The van der Waals surface area contributed by atoms with Gasteiger partial charge in [0.15, 0.2) is 5.65 Å². The number of benzene rings is 1. The molecule has 1 amide bonds. The van der Waals surface area contributed by atoms with Gasteiger partial charge in [0.25, 0.3) is 5.56 Å². The van der Waals surface area contributed by atoms with Crippen LogP contribution in [0.15, 0.2) is 53.5 Å². The topological polar surface area (TPSA) is 107 Å². The van der Waals surface area contributed by atoms with Crippen LogP contribution >= 0.6 is 0 Å². The van der Waals surface area contributed by atoms with Gasteiger partial charge in [0.05, 0.1) is 5.39 Å². The minimum absolute atomic E-state index is 0.310. The van der Waals surface area contributed by atoms with Crippen molar-refractivity contribution in [1.82, 2.24) is 34.9 Å². The fraction of sp³-hybridized carbons (Fsp3) is 0.222. The molecule has 0 saturated heterocycles. The van der Waals surface area contributed by atoms with E-state index in [2.05, 4.69) is 25.8 Å². The Hall–Kier alpha value is -3.62. The number of amides is 1. The summed E-state index contributed by atoms with van der Waals surface area (Å²) in [4.78, 5) is 25.0. The quantitative estimate of drug-likeness (QED) is 0.561. The fourth-order valence-corrected chi connectivity index (χ4v) is 2.87. The minimum Gasteiger partial charge on any atom is -0.354 e. The van der Waals surface area contributed by atoms with Crippen LogP contribution in [0, 0.1) is 0 Å². The average Bonchev–Trinajstić information content (AvgIpc) is 3.11. The summed E-state index contributed by atoms with van der Waals surface area (Å²) in [6.45, 7) is 1.99. The lowest BCUT2D eigenvalue weighted by Crippen LogP contribution is -2.38. The number of carbonyl (C=O) groups is 1. The highest BCUT2D eigenvalue weighted by molar-refractivity contribution is 5.81. The van der Waals surface area contributed by atoms with Crippen molar-refractivity contribution >= 4 is 22.5 Å². The molecule has 0 aliphatic heterocycles. The molecule has 9 nitrogen and oxygen atoms in total. The molecule has 3 heterocycles. The van der Waals surface area contributed by atoms with Gasteiger partial charge in [0.2, 0.25) is 5.91 Å². The number of aromatic nitrogens is 6. The highest BCUT2D eigenvalue weighted by atomic mass is 16.2. The number of fused-ring (bicyclic) bond motifs is 2. The molecule has 0 spiro atoms. The second-order valence-electron chi connectivity index (χ2n) is 6.12. The Kier molecular flexibility index (Phi) is 4.33. The predicted octanol–water partition coefficient (Wildman–Crippen LogP) is 0.754. The third-order valence-corrected chi connectivity index (χ3v) is 4.37. The molecule has 136 valence electrons. The molecule has 27 heavy (non-hydrogen) atoms. The molecule has 0 bridgehead atoms. The first-order valence-corrected chi connectivity index (χ1v) is 8.56. The largest absolute Gasteiger partial charge is 0.354 e. The number of rotatable bonds is 5. The van der Waals surface area contributed by atoms with Gasteiger partial charge in [-0.3, -0.25) is 14.0 Å². The van der Waals surface area contributed by atoms with Gasteiger partial charge in [-0.2, -0.15) is 4.68 Å². The van der Waals surface area contributed by atoms with Gasteiger partial charge < -0.3 is 5.32 Å². The van der Waals surface area contributed by atoms with E-state index in [0.717, 1.165) is 16.2 Å². The maximum Gasteiger partial charge on any atom is 0.278 e. The van der Waals surface area contributed by atoms with Gasteiger partial charge in [0.1, 0.15) is 17.4 Å².